The third-order valence-corrected chi connectivity index (χ3v) is 2.65. The van der Waals surface area contributed by atoms with E-state index in [1.54, 1.807) is 12.1 Å². The Balaban J connectivity index is 2.24. The summed E-state index contributed by atoms with van der Waals surface area (Å²) in [5.74, 6) is 0.759. The molecule has 0 atom stereocenters. The summed E-state index contributed by atoms with van der Waals surface area (Å²) in [6, 6.07) is 5.41. The Labute approximate surface area is 99.4 Å². The van der Waals surface area contributed by atoms with Gasteiger partial charge in [-0.05, 0) is 18.6 Å². The average molecular weight is 238 g/mol. The van der Waals surface area contributed by atoms with Gasteiger partial charge in [0.05, 0.1) is 18.2 Å². The second-order valence-corrected chi connectivity index (χ2v) is 3.99. The molecule has 0 bridgehead atoms. The van der Waals surface area contributed by atoms with Crippen molar-refractivity contribution in [3.63, 3.8) is 0 Å². The number of ether oxygens (including phenoxy) is 1. The molecule has 1 saturated heterocycles. The van der Waals surface area contributed by atoms with Crippen LogP contribution in [0.3, 0.4) is 0 Å². The van der Waals surface area contributed by atoms with Crippen LogP contribution < -0.4 is 4.90 Å². The van der Waals surface area contributed by atoms with Gasteiger partial charge in [0.25, 0.3) is 0 Å². The lowest BCUT2D eigenvalue weighted by molar-refractivity contribution is 0.152. The van der Waals surface area contributed by atoms with Crippen LogP contribution in [-0.2, 0) is 4.74 Å². The van der Waals surface area contributed by atoms with Gasteiger partial charge in [-0.25, -0.2) is 4.98 Å². The van der Waals surface area contributed by atoms with E-state index in [1.807, 2.05) is 0 Å². The SMILES string of the molecule is N#Cc1cc(Cl)nc(N2CCCOCC2)c1. The minimum absolute atomic E-state index is 0.360. The normalized spacial score (nSPS) is 16.6. The van der Waals surface area contributed by atoms with Crippen molar-refractivity contribution in [2.24, 2.45) is 0 Å². The van der Waals surface area contributed by atoms with Crippen LogP contribution in [0.25, 0.3) is 0 Å². The van der Waals surface area contributed by atoms with Gasteiger partial charge in [0, 0.05) is 19.7 Å². The van der Waals surface area contributed by atoms with Crippen molar-refractivity contribution in [1.82, 2.24) is 4.98 Å². The van der Waals surface area contributed by atoms with Crippen LogP contribution in [0.5, 0.6) is 0 Å². The van der Waals surface area contributed by atoms with Crippen molar-refractivity contribution in [1.29, 1.82) is 5.26 Å². The molecule has 84 valence electrons. The molecular weight excluding hydrogens is 226 g/mol. The maximum absolute atomic E-state index is 8.86. The van der Waals surface area contributed by atoms with E-state index in [0.29, 0.717) is 17.3 Å². The summed E-state index contributed by atoms with van der Waals surface area (Å²) < 4.78 is 5.37. The average Bonchev–Trinajstić information content (AvgIpc) is 2.56. The van der Waals surface area contributed by atoms with E-state index < -0.39 is 0 Å². The molecule has 4 nitrogen and oxygen atoms in total. The fraction of sp³-hybridized carbons (Fsp3) is 0.455. The molecule has 1 aromatic heterocycles. The largest absolute Gasteiger partial charge is 0.380 e. The van der Waals surface area contributed by atoms with E-state index in [-0.39, 0.29) is 0 Å². The second kappa shape index (κ2) is 5.15. The maximum Gasteiger partial charge on any atom is 0.132 e. The van der Waals surface area contributed by atoms with E-state index in [9.17, 15) is 0 Å². The van der Waals surface area contributed by atoms with Gasteiger partial charge in [-0.2, -0.15) is 5.26 Å². The predicted octanol–water partition coefficient (Wildman–Crippen LogP) is 1.83. The summed E-state index contributed by atoms with van der Waals surface area (Å²) >= 11 is 5.87. The Morgan fingerprint density at radius 1 is 1.38 bits per heavy atom. The van der Waals surface area contributed by atoms with Gasteiger partial charge in [-0.15, -0.1) is 0 Å². The number of hydrogen-bond acceptors (Lipinski definition) is 4. The smallest absolute Gasteiger partial charge is 0.132 e. The van der Waals surface area contributed by atoms with Crippen molar-refractivity contribution >= 4 is 17.4 Å². The van der Waals surface area contributed by atoms with Gasteiger partial charge in [-0.3, -0.25) is 0 Å². The van der Waals surface area contributed by atoms with Crippen molar-refractivity contribution in [2.45, 2.75) is 6.42 Å². The molecule has 0 N–H and O–H groups in total. The van der Waals surface area contributed by atoms with Gasteiger partial charge < -0.3 is 9.64 Å². The zero-order valence-electron chi connectivity index (χ0n) is 8.82. The predicted molar refractivity (Wildman–Crippen MR) is 61.6 cm³/mol. The Kier molecular flexibility index (Phi) is 3.60. The molecule has 0 spiro atoms. The first-order valence-corrected chi connectivity index (χ1v) is 5.58. The van der Waals surface area contributed by atoms with Crippen molar-refractivity contribution in [2.75, 3.05) is 31.2 Å². The summed E-state index contributed by atoms with van der Waals surface area (Å²) in [4.78, 5) is 6.33. The van der Waals surface area contributed by atoms with E-state index in [4.69, 9.17) is 21.6 Å². The van der Waals surface area contributed by atoms with Crippen LogP contribution in [0.15, 0.2) is 12.1 Å². The minimum Gasteiger partial charge on any atom is -0.380 e. The Morgan fingerprint density at radius 3 is 3.06 bits per heavy atom. The van der Waals surface area contributed by atoms with Gasteiger partial charge in [0.15, 0.2) is 0 Å². The van der Waals surface area contributed by atoms with Crippen LogP contribution in [0.1, 0.15) is 12.0 Å². The van der Waals surface area contributed by atoms with Crippen LogP contribution >= 0.6 is 11.6 Å². The van der Waals surface area contributed by atoms with E-state index in [2.05, 4.69) is 16.0 Å². The maximum atomic E-state index is 8.86. The second-order valence-electron chi connectivity index (χ2n) is 3.60. The lowest BCUT2D eigenvalue weighted by atomic mass is 10.2. The fourth-order valence-electron chi connectivity index (χ4n) is 1.68. The van der Waals surface area contributed by atoms with E-state index in [0.717, 1.165) is 31.9 Å². The Bertz CT molecular complexity index is 408. The van der Waals surface area contributed by atoms with Crippen LogP contribution in [-0.4, -0.2) is 31.3 Å². The van der Waals surface area contributed by atoms with E-state index >= 15 is 0 Å². The summed E-state index contributed by atoms with van der Waals surface area (Å²) in [7, 11) is 0. The van der Waals surface area contributed by atoms with Crippen LogP contribution in [0.2, 0.25) is 5.15 Å². The first kappa shape index (κ1) is 11.2. The highest BCUT2D eigenvalue weighted by Gasteiger charge is 2.12. The van der Waals surface area contributed by atoms with Gasteiger partial charge >= 0.3 is 0 Å². The molecule has 16 heavy (non-hydrogen) atoms. The zero-order valence-corrected chi connectivity index (χ0v) is 9.57. The first-order valence-electron chi connectivity index (χ1n) is 5.20. The van der Waals surface area contributed by atoms with Gasteiger partial charge in [0.2, 0.25) is 0 Å². The van der Waals surface area contributed by atoms with Crippen molar-refractivity contribution in [3.8, 4) is 6.07 Å². The molecule has 5 heteroatoms. The summed E-state index contributed by atoms with van der Waals surface area (Å²) in [5, 5.41) is 9.22. The topological polar surface area (TPSA) is 49.2 Å². The van der Waals surface area contributed by atoms with Crippen molar-refractivity contribution in [3.05, 3.63) is 22.8 Å². The number of anilines is 1. The van der Waals surface area contributed by atoms with Crippen LogP contribution in [0, 0.1) is 11.3 Å². The molecule has 0 unspecified atom stereocenters. The number of halogens is 1. The standard InChI is InChI=1S/C11H12ClN3O/c12-10-6-9(8-13)7-11(14-10)15-2-1-4-16-5-3-15/h6-7H,1-5H2. The third kappa shape index (κ3) is 2.63. The molecule has 1 aliphatic rings. The minimum atomic E-state index is 0.360. The molecule has 1 aliphatic heterocycles. The quantitative estimate of drug-likeness (QED) is 0.700. The highest BCUT2D eigenvalue weighted by Crippen LogP contribution is 2.18. The molecule has 0 amide bonds. The molecule has 0 saturated carbocycles. The summed E-state index contributed by atoms with van der Waals surface area (Å²) in [6.45, 7) is 3.15. The fourth-order valence-corrected chi connectivity index (χ4v) is 1.89. The number of pyridine rings is 1. The third-order valence-electron chi connectivity index (χ3n) is 2.46. The van der Waals surface area contributed by atoms with Crippen LogP contribution in [0.4, 0.5) is 5.82 Å². The monoisotopic (exact) mass is 237 g/mol. The number of rotatable bonds is 1. The lowest BCUT2D eigenvalue weighted by Crippen LogP contribution is -2.26. The zero-order chi connectivity index (χ0) is 11.4. The summed E-state index contributed by atoms with van der Waals surface area (Å²) in [5.41, 5.74) is 0.542. The molecule has 0 aromatic carbocycles. The Hall–Kier alpha value is -1.31. The number of nitrogens with zero attached hydrogens (tertiary/aromatic N) is 3. The highest BCUT2D eigenvalue weighted by molar-refractivity contribution is 6.29. The number of aromatic nitrogens is 1. The molecule has 0 radical (unpaired) electrons. The lowest BCUT2D eigenvalue weighted by Gasteiger charge is -2.20. The molecular formula is C11H12ClN3O. The number of hydrogen-bond donors (Lipinski definition) is 0. The van der Waals surface area contributed by atoms with E-state index in [1.165, 1.54) is 0 Å². The Morgan fingerprint density at radius 2 is 2.25 bits per heavy atom. The van der Waals surface area contributed by atoms with Gasteiger partial charge in [0.1, 0.15) is 11.0 Å². The first-order chi connectivity index (χ1) is 7.79. The van der Waals surface area contributed by atoms with Gasteiger partial charge in [-0.1, -0.05) is 11.6 Å². The van der Waals surface area contributed by atoms with Crippen molar-refractivity contribution < 1.29 is 4.74 Å². The molecule has 1 fully saturated rings. The number of nitriles is 1. The summed E-state index contributed by atoms with van der Waals surface area (Å²) in [6.07, 6.45) is 0.968. The molecule has 2 heterocycles. The molecule has 1 aromatic rings. The highest BCUT2D eigenvalue weighted by atomic mass is 35.5. The molecule has 0 aliphatic carbocycles. The molecule has 2 rings (SSSR count).